The third kappa shape index (κ3) is 5.20. The van der Waals surface area contributed by atoms with Crippen LogP contribution >= 0.6 is 22.7 Å². The Morgan fingerprint density at radius 2 is 0.675 bits per heavy atom. The Bertz CT molecular complexity index is 1510. The van der Waals surface area contributed by atoms with E-state index in [-0.39, 0.29) is 0 Å². The van der Waals surface area contributed by atoms with E-state index < -0.39 is 0 Å². The number of thiophene rings is 2. The fourth-order valence-corrected chi connectivity index (χ4v) is 6.65. The Labute approximate surface area is 242 Å². The molecule has 0 saturated carbocycles. The first-order chi connectivity index (χ1) is 19.5. The maximum absolute atomic E-state index is 5.89. The molecule has 0 unspecified atom stereocenters. The van der Waals surface area contributed by atoms with E-state index in [0.717, 1.165) is 76.3 Å². The van der Waals surface area contributed by atoms with Crippen molar-refractivity contribution in [1.29, 1.82) is 0 Å². The summed E-state index contributed by atoms with van der Waals surface area (Å²) in [6.07, 6.45) is 0. The molecule has 0 spiro atoms. The van der Waals surface area contributed by atoms with Gasteiger partial charge < -0.3 is 28.4 Å². The first-order valence-corrected chi connectivity index (χ1v) is 14.1. The highest BCUT2D eigenvalue weighted by molar-refractivity contribution is 7.19. The zero-order valence-electron chi connectivity index (χ0n) is 23.2. The number of methoxy groups -OCH3 is 6. The third-order valence-corrected chi connectivity index (χ3v) is 8.91. The molecular weight excluding hydrogens is 544 g/mol. The highest BCUT2D eigenvalue weighted by Gasteiger charge is 2.19. The van der Waals surface area contributed by atoms with Crippen molar-refractivity contribution in [2.24, 2.45) is 0 Å². The van der Waals surface area contributed by atoms with E-state index in [1.54, 1.807) is 65.3 Å². The van der Waals surface area contributed by atoms with Gasteiger partial charge in [0, 0.05) is 41.8 Å². The molecule has 2 aromatic heterocycles. The second kappa shape index (κ2) is 11.9. The quantitative estimate of drug-likeness (QED) is 0.167. The lowest BCUT2D eigenvalue weighted by Crippen LogP contribution is -1.92. The predicted molar refractivity (Wildman–Crippen MR) is 163 cm³/mol. The monoisotopic (exact) mass is 574 g/mol. The summed E-state index contributed by atoms with van der Waals surface area (Å²) in [6, 6.07) is 24.0. The molecule has 3 aromatic carbocycles. The van der Waals surface area contributed by atoms with Crippen LogP contribution in [-0.2, 0) is 0 Å². The lowest BCUT2D eigenvalue weighted by molar-refractivity contribution is 0.404. The lowest BCUT2D eigenvalue weighted by atomic mass is 10.1. The van der Waals surface area contributed by atoms with Gasteiger partial charge in [-0.1, -0.05) is 0 Å². The Balaban J connectivity index is 1.55. The molecule has 2 heterocycles. The smallest absolute Gasteiger partial charge is 0.128 e. The van der Waals surface area contributed by atoms with Crippen LogP contribution < -0.4 is 28.4 Å². The van der Waals surface area contributed by atoms with E-state index in [1.165, 1.54) is 0 Å². The van der Waals surface area contributed by atoms with E-state index in [4.69, 9.17) is 28.4 Å². The highest BCUT2D eigenvalue weighted by atomic mass is 32.1. The van der Waals surface area contributed by atoms with Crippen LogP contribution in [0.2, 0.25) is 0 Å². The Kier molecular flexibility index (Phi) is 8.19. The van der Waals surface area contributed by atoms with Crippen molar-refractivity contribution in [3.05, 3.63) is 72.8 Å². The minimum atomic E-state index is 0.760. The highest BCUT2D eigenvalue weighted by Crippen LogP contribution is 2.48. The fourth-order valence-electron chi connectivity index (χ4n) is 4.55. The molecule has 0 aliphatic rings. The van der Waals surface area contributed by atoms with Gasteiger partial charge in [0.2, 0.25) is 0 Å². The van der Waals surface area contributed by atoms with Crippen LogP contribution in [0.1, 0.15) is 0 Å². The zero-order chi connectivity index (χ0) is 28.2. The molecular formula is C32H30O6S2. The van der Waals surface area contributed by atoms with Gasteiger partial charge in [-0.3, -0.25) is 0 Å². The number of ether oxygens (including phenoxy) is 6. The normalized spacial score (nSPS) is 10.8. The van der Waals surface area contributed by atoms with Crippen molar-refractivity contribution in [2.75, 3.05) is 42.7 Å². The second-order valence-corrected chi connectivity index (χ2v) is 10.9. The summed E-state index contributed by atoms with van der Waals surface area (Å²) in [5, 5.41) is 0. The standard InChI is InChI=1S/C32H30O6S2/c1-33-19-7-9-25(35-3)21(15-19)29-11-13-31(39-29)23-17-28(38-6)24(18-27(23)37-5)32-14-12-30(40-32)22-16-20(34-2)8-10-26(22)36-4/h7-18H,1-6H3. The Morgan fingerprint density at radius 3 is 0.975 bits per heavy atom. The molecule has 206 valence electrons. The number of rotatable bonds is 10. The molecule has 8 heteroatoms. The SMILES string of the molecule is COc1ccc(OC)c(-c2ccc(-c3cc(OC)c(-c4ccc(-c5cc(OC)ccc5OC)s4)cc3OC)s2)c1. The molecule has 0 radical (unpaired) electrons. The minimum Gasteiger partial charge on any atom is -0.497 e. The van der Waals surface area contributed by atoms with Gasteiger partial charge in [0.1, 0.15) is 34.5 Å². The molecule has 6 nitrogen and oxygen atoms in total. The molecule has 0 aliphatic carbocycles. The van der Waals surface area contributed by atoms with Crippen molar-refractivity contribution < 1.29 is 28.4 Å². The van der Waals surface area contributed by atoms with Crippen LogP contribution in [-0.4, -0.2) is 42.7 Å². The molecule has 0 saturated heterocycles. The average Bonchev–Trinajstić information content (AvgIpc) is 3.70. The number of benzene rings is 3. The topological polar surface area (TPSA) is 55.4 Å². The van der Waals surface area contributed by atoms with E-state index >= 15 is 0 Å². The average molecular weight is 575 g/mol. The van der Waals surface area contributed by atoms with Crippen molar-refractivity contribution in [2.45, 2.75) is 0 Å². The van der Waals surface area contributed by atoms with E-state index in [2.05, 4.69) is 24.3 Å². The van der Waals surface area contributed by atoms with Crippen LogP contribution in [0.5, 0.6) is 34.5 Å². The Morgan fingerprint density at radius 1 is 0.350 bits per heavy atom. The summed E-state index contributed by atoms with van der Waals surface area (Å²) in [5.41, 5.74) is 3.85. The van der Waals surface area contributed by atoms with Gasteiger partial charge >= 0.3 is 0 Å². The molecule has 0 atom stereocenters. The molecule has 40 heavy (non-hydrogen) atoms. The van der Waals surface area contributed by atoms with Gasteiger partial charge in [0.15, 0.2) is 0 Å². The molecule has 0 aliphatic heterocycles. The van der Waals surface area contributed by atoms with Gasteiger partial charge in [-0.25, -0.2) is 0 Å². The molecule has 0 fully saturated rings. The first-order valence-electron chi connectivity index (χ1n) is 12.4. The maximum atomic E-state index is 5.89. The molecule has 0 N–H and O–H groups in total. The minimum absolute atomic E-state index is 0.760. The van der Waals surface area contributed by atoms with Crippen LogP contribution in [0, 0.1) is 0 Å². The zero-order valence-corrected chi connectivity index (χ0v) is 24.8. The van der Waals surface area contributed by atoms with Gasteiger partial charge in [-0.2, -0.15) is 0 Å². The summed E-state index contributed by atoms with van der Waals surface area (Å²) in [7, 11) is 10.0. The van der Waals surface area contributed by atoms with Gasteiger partial charge in [0.25, 0.3) is 0 Å². The summed E-state index contributed by atoms with van der Waals surface area (Å²) >= 11 is 3.31. The van der Waals surface area contributed by atoms with E-state index in [9.17, 15) is 0 Å². The van der Waals surface area contributed by atoms with Crippen LogP contribution in [0.3, 0.4) is 0 Å². The van der Waals surface area contributed by atoms with Gasteiger partial charge in [-0.05, 0) is 72.8 Å². The van der Waals surface area contributed by atoms with Gasteiger partial charge in [-0.15, -0.1) is 22.7 Å². The predicted octanol–water partition coefficient (Wildman–Crippen LogP) is 8.53. The summed E-state index contributed by atoms with van der Waals surface area (Å²) in [4.78, 5) is 4.22. The summed E-state index contributed by atoms with van der Waals surface area (Å²) in [6.45, 7) is 0. The van der Waals surface area contributed by atoms with Crippen molar-refractivity contribution in [1.82, 2.24) is 0 Å². The molecule has 5 aromatic rings. The maximum Gasteiger partial charge on any atom is 0.128 e. The van der Waals surface area contributed by atoms with Crippen molar-refractivity contribution in [3.63, 3.8) is 0 Å². The number of hydrogen-bond donors (Lipinski definition) is 0. The molecule has 0 bridgehead atoms. The summed E-state index contributed by atoms with van der Waals surface area (Å²) < 4.78 is 33.9. The van der Waals surface area contributed by atoms with Crippen LogP contribution in [0.25, 0.3) is 41.8 Å². The first kappa shape index (κ1) is 27.4. The summed E-state index contributed by atoms with van der Waals surface area (Å²) in [5.74, 6) is 4.64. The van der Waals surface area contributed by atoms with Crippen LogP contribution in [0.15, 0.2) is 72.8 Å². The van der Waals surface area contributed by atoms with E-state index in [0.29, 0.717) is 0 Å². The fraction of sp³-hybridized carbons (Fsp3) is 0.188. The Hall–Kier alpha value is -4.14. The largest absolute Gasteiger partial charge is 0.497 e. The van der Waals surface area contributed by atoms with Gasteiger partial charge in [0.05, 0.1) is 42.7 Å². The van der Waals surface area contributed by atoms with Crippen molar-refractivity contribution in [3.8, 4) is 76.3 Å². The van der Waals surface area contributed by atoms with Crippen molar-refractivity contribution >= 4 is 22.7 Å². The molecule has 5 rings (SSSR count). The molecule has 0 amide bonds. The second-order valence-electron chi connectivity index (χ2n) is 8.71. The van der Waals surface area contributed by atoms with E-state index in [1.807, 2.05) is 48.5 Å². The van der Waals surface area contributed by atoms with Crippen LogP contribution in [0.4, 0.5) is 0 Å². The lowest BCUT2D eigenvalue weighted by Gasteiger charge is -2.14. The number of hydrogen-bond acceptors (Lipinski definition) is 8. The third-order valence-electron chi connectivity index (χ3n) is 6.61.